The molecule has 326 valence electrons. The van der Waals surface area contributed by atoms with Crippen LogP contribution in [0, 0.1) is 11.7 Å². The van der Waals surface area contributed by atoms with Crippen LogP contribution in [0.4, 0.5) is 4.39 Å². The normalized spacial score (nSPS) is 15.0. The van der Waals surface area contributed by atoms with E-state index < -0.39 is 11.9 Å². The molecule has 0 bridgehead atoms. The van der Waals surface area contributed by atoms with Gasteiger partial charge in [-0.05, 0) is 152 Å². The summed E-state index contributed by atoms with van der Waals surface area (Å²) in [6.45, 7) is 15.8. The number of aliphatic hydroxyl groups is 1. The number of aliphatic hydroxyl groups excluding tert-OH is 1. The molecule has 7 heteroatoms. The lowest BCUT2D eigenvalue weighted by molar-refractivity contribution is -0.139. The highest BCUT2D eigenvalue weighted by molar-refractivity contribution is 5.87. The highest BCUT2D eigenvalue weighted by Crippen LogP contribution is 2.40. The summed E-state index contributed by atoms with van der Waals surface area (Å²) in [4.78, 5) is 24.2. The monoisotopic (exact) mass is 830 g/mol. The van der Waals surface area contributed by atoms with E-state index in [-0.39, 0.29) is 25.6 Å². The molecule has 0 amide bonds. The molecule has 0 saturated heterocycles. The van der Waals surface area contributed by atoms with Gasteiger partial charge in [0, 0.05) is 29.7 Å². The average Bonchev–Trinajstić information content (AvgIpc) is 3.27. The average molecular weight is 831 g/mol. The predicted molar refractivity (Wildman–Crippen MR) is 246 cm³/mol. The zero-order valence-electron chi connectivity index (χ0n) is 37.1. The summed E-state index contributed by atoms with van der Waals surface area (Å²) < 4.78 is 33.2. The number of hydrogen-bond donors (Lipinski definition) is 1. The summed E-state index contributed by atoms with van der Waals surface area (Å²) in [5, 5.41) is 9.53. The Morgan fingerprint density at radius 2 is 1.23 bits per heavy atom. The fourth-order valence-electron chi connectivity index (χ4n) is 8.49. The quantitative estimate of drug-likeness (QED) is 0.0455. The molecule has 5 rings (SSSR count). The number of carbonyl (C=O) groups excluding carboxylic acids is 2. The summed E-state index contributed by atoms with van der Waals surface area (Å²) >= 11 is 0. The number of halogens is 1. The molecule has 1 fully saturated rings. The topological polar surface area (TPSA) is 82.1 Å². The van der Waals surface area contributed by atoms with Crippen molar-refractivity contribution in [3.05, 3.63) is 125 Å². The van der Waals surface area contributed by atoms with E-state index in [2.05, 4.69) is 75.5 Å². The van der Waals surface area contributed by atoms with Crippen LogP contribution in [0.2, 0.25) is 0 Å². The molecule has 0 aromatic heterocycles. The van der Waals surface area contributed by atoms with Gasteiger partial charge < -0.3 is 19.3 Å². The van der Waals surface area contributed by atoms with Crippen LogP contribution >= 0.6 is 0 Å². The van der Waals surface area contributed by atoms with Gasteiger partial charge in [-0.1, -0.05) is 107 Å². The number of unbranched alkanes of at least 4 members (excludes halogenated alkanes) is 2. The van der Waals surface area contributed by atoms with Crippen molar-refractivity contribution >= 4 is 11.9 Å². The SMILES string of the molecule is C=C(C)C(=O)OCCCc1cc(-c2ccc(-c3ccc(-c4ccc(C5CCC(CCCCC)CC5)cc4)cc3F)cc2CC)cc(CCCOC(=O)C(=C)C)c1OCCCO. The molecule has 1 aliphatic rings. The van der Waals surface area contributed by atoms with Crippen molar-refractivity contribution in [1.29, 1.82) is 0 Å². The van der Waals surface area contributed by atoms with E-state index in [1.807, 2.05) is 18.2 Å². The number of ether oxygens (including phenoxy) is 3. The van der Waals surface area contributed by atoms with Gasteiger partial charge in [0.25, 0.3) is 0 Å². The third-order valence-corrected chi connectivity index (χ3v) is 12.0. The maximum Gasteiger partial charge on any atom is 0.333 e. The van der Waals surface area contributed by atoms with Crippen LogP contribution in [0.1, 0.15) is 126 Å². The Morgan fingerprint density at radius 1 is 0.656 bits per heavy atom. The van der Waals surface area contributed by atoms with Gasteiger partial charge in [-0.25, -0.2) is 14.0 Å². The molecule has 4 aromatic rings. The Labute approximate surface area is 364 Å². The Morgan fingerprint density at radius 3 is 1.79 bits per heavy atom. The third kappa shape index (κ3) is 13.5. The molecule has 0 radical (unpaired) electrons. The van der Waals surface area contributed by atoms with E-state index in [4.69, 9.17) is 14.2 Å². The Kier molecular flexibility index (Phi) is 18.4. The lowest BCUT2D eigenvalue weighted by Gasteiger charge is -2.29. The lowest BCUT2D eigenvalue weighted by atomic mass is 9.77. The molecule has 4 aromatic carbocycles. The summed E-state index contributed by atoms with van der Waals surface area (Å²) in [6, 6.07) is 24.7. The smallest absolute Gasteiger partial charge is 0.333 e. The zero-order chi connectivity index (χ0) is 43.7. The van der Waals surface area contributed by atoms with Crippen molar-refractivity contribution in [2.75, 3.05) is 26.4 Å². The predicted octanol–water partition coefficient (Wildman–Crippen LogP) is 13.1. The molecule has 61 heavy (non-hydrogen) atoms. The Hall–Kier alpha value is -5.01. The molecule has 1 aliphatic carbocycles. The van der Waals surface area contributed by atoms with Crippen LogP contribution < -0.4 is 4.74 Å². The van der Waals surface area contributed by atoms with Crippen molar-refractivity contribution < 1.29 is 33.3 Å². The third-order valence-electron chi connectivity index (χ3n) is 12.0. The van der Waals surface area contributed by atoms with E-state index in [1.165, 1.54) is 56.9 Å². The number of esters is 2. The lowest BCUT2D eigenvalue weighted by Crippen LogP contribution is -2.13. The van der Waals surface area contributed by atoms with E-state index in [9.17, 15) is 14.7 Å². The van der Waals surface area contributed by atoms with E-state index in [1.54, 1.807) is 19.9 Å². The molecular weight excluding hydrogens is 764 g/mol. The fraction of sp³-hybridized carbons (Fsp3) is 0.444. The first-order valence-corrected chi connectivity index (χ1v) is 22.6. The molecular formula is C54H67FO6. The Bertz CT molecular complexity index is 2040. The van der Waals surface area contributed by atoms with Crippen LogP contribution in [0.5, 0.6) is 5.75 Å². The van der Waals surface area contributed by atoms with E-state index in [0.717, 1.165) is 62.6 Å². The van der Waals surface area contributed by atoms with Crippen LogP contribution in [-0.2, 0) is 38.3 Å². The van der Waals surface area contributed by atoms with E-state index in [0.29, 0.717) is 61.3 Å². The zero-order valence-corrected chi connectivity index (χ0v) is 37.1. The number of aryl methyl sites for hydroxylation is 3. The number of hydrogen-bond acceptors (Lipinski definition) is 6. The number of benzene rings is 4. The maximum absolute atomic E-state index is 16.1. The highest BCUT2D eigenvalue weighted by Gasteiger charge is 2.23. The van der Waals surface area contributed by atoms with Crippen molar-refractivity contribution in [3.63, 3.8) is 0 Å². The Balaban J connectivity index is 1.38. The van der Waals surface area contributed by atoms with Gasteiger partial charge in [0.05, 0.1) is 19.8 Å². The van der Waals surface area contributed by atoms with Crippen molar-refractivity contribution in [3.8, 4) is 39.1 Å². The number of rotatable bonds is 23. The van der Waals surface area contributed by atoms with Gasteiger partial charge in [0.1, 0.15) is 11.6 Å². The molecule has 0 unspecified atom stereocenters. The standard InChI is InChI=1S/C54H67FO6/c1-7-9-10-14-39-17-19-41(20-18-39)42-21-23-43(24-22-42)44-25-28-50(51(55)36-44)45-26-27-49(40(8-2)33-45)48-34-46(15-11-30-60-53(57)37(3)4)52(59-32-13-29-56)47(35-48)16-12-31-61-54(58)38(5)6/h21-28,33-36,39,41,56H,3,5,7-20,29-32H2,1-2,4,6H3. The largest absolute Gasteiger partial charge is 0.493 e. The first kappa shape index (κ1) is 47.0. The van der Waals surface area contributed by atoms with Gasteiger partial charge in [-0.15, -0.1) is 0 Å². The molecule has 1 saturated carbocycles. The summed E-state index contributed by atoms with van der Waals surface area (Å²) in [6.07, 6.45) is 14.0. The van der Waals surface area contributed by atoms with Gasteiger partial charge in [0.2, 0.25) is 0 Å². The minimum absolute atomic E-state index is 0.000833. The molecule has 6 nitrogen and oxygen atoms in total. The molecule has 0 aliphatic heterocycles. The highest BCUT2D eigenvalue weighted by atomic mass is 19.1. The first-order chi connectivity index (χ1) is 29.5. The van der Waals surface area contributed by atoms with Crippen LogP contribution in [0.3, 0.4) is 0 Å². The second-order valence-electron chi connectivity index (χ2n) is 16.8. The van der Waals surface area contributed by atoms with Crippen molar-refractivity contribution in [1.82, 2.24) is 0 Å². The van der Waals surface area contributed by atoms with Crippen LogP contribution in [0.15, 0.2) is 97.1 Å². The summed E-state index contributed by atoms with van der Waals surface area (Å²) in [5.74, 6) is 1.11. The summed E-state index contributed by atoms with van der Waals surface area (Å²) in [5.41, 5.74) is 10.3. The summed E-state index contributed by atoms with van der Waals surface area (Å²) in [7, 11) is 0. The maximum atomic E-state index is 16.1. The minimum Gasteiger partial charge on any atom is -0.493 e. The second-order valence-corrected chi connectivity index (χ2v) is 16.8. The van der Waals surface area contributed by atoms with Gasteiger partial charge in [0.15, 0.2) is 0 Å². The second kappa shape index (κ2) is 23.8. The van der Waals surface area contributed by atoms with Crippen molar-refractivity contribution in [2.45, 2.75) is 124 Å². The molecule has 0 spiro atoms. The van der Waals surface area contributed by atoms with Crippen LogP contribution in [-0.4, -0.2) is 43.5 Å². The first-order valence-electron chi connectivity index (χ1n) is 22.6. The molecule has 0 heterocycles. The van der Waals surface area contributed by atoms with E-state index >= 15 is 4.39 Å². The van der Waals surface area contributed by atoms with Crippen molar-refractivity contribution in [2.24, 2.45) is 5.92 Å². The molecule has 0 atom stereocenters. The number of carbonyl (C=O) groups is 2. The fourth-order valence-corrected chi connectivity index (χ4v) is 8.49. The molecule has 1 N–H and O–H groups in total. The van der Waals surface area contributed by atoms with Gasteiger partial charge >= 0.3 is 11.9 Å². The van der Waals surface area contributed by atoms with Crippen LogP contribution in [0.25, 0.3) is 33.4 Å². The van der Waals surface area contributed by atoms with Gasteiger partial charge in [-0.2, -0.15) is 0 Å². The van der Waals surface area contributed by atoms with Gasteiger partial charge in [-0.3, -0.25) is 0 Å². The minimum atomic E-state index is -0.425.